The fraction of sp³-hybridized carbons (Fsp3) is 0.769. The topological polar surface area (TPSA) is 39.7 Å². The van der Waals surface area contributed by atoms with Gasteiger partial charge in [-0.2, -0.15) is 0 Å². The molecule has 0 radical (unpaired) electrons. The Hall–Kier alpha value is -0.300. The first-order valence-corrected chi connectivity index (χ1v) is 6.65. The summed E-state index contributed by atoms with van der Waals surface area (Å²) in [7, 11) is 0. The van der Waals surface area contributed by atoms with Crippen molar-refractivity contribution in [1.82, 2.24) is 15.5 Å². The third-order valence-corrected chi connectivity index (χ3v) is 3.08. The van der Waals surface area contributed by atoms with E-state index < -0.39 is 0 Å². The van der Waals surface area contributed by atoms with E-state index in [9.17, 15) is 0 Å². The lowest BCUT2D eigenvalue weighted by Crippen LogP contribution is -2.37. The van der Waals surface area contributed by atoms with Crippen LogP contribution in [0.1, 0.15) is 20.3 Å². The molecule has 0 spiro atoms. The van der Waals surface area contributed by atoms with Gasteiger partial charge in [-0.25, -0.2) is 0 Å². The summed E-state index contributed by atoms with van der Waals surface area (Å²) in [5.74, 6) is 1.62. The van der Waals surface area contributed by atoms with Gasteiger partial charge in [0.25, 0.3) is 0 Å². The third kappa shape index (κ3) is 6.58. The number of guanidine groups is 1. The van der Waals surface area contributed by atoms with Crippen molar-refractivity contribution in [1.29, 1.82) is 0 Å². The van der Waals surface area contributed by atoms with Gasteiger partial charge in [0.15, 0.2) is 5.96 Å². The second-order valence-electron chi connectivity index (χ2n) is 4.44. The SMILES string of the molecule is C=CCNC(=NCC1CCN(CC)C1)NCC.I. The number of aliphatic imine (C=N–C) groups is 1. The lowest BCUT2D eigenvalue weighted by molar-refractivity contribution is 0.343. The second kappa shape index (κ2) is 10.6. The molecular formula is C13H27IN4. The lowest BCUT2D eigenvalue weighted by Gasteiger charge is -2.13. The first-order chi connectivity index (χ1) is 8.30. The Labute approximate surface area is 128 Å². The smallest absolute Gasteiger partial charge is 0.191 e. The largest absolute Gasteiger partial charge is 0.357 e. The van der Waals surface area contributed by atoms with Crippen molar-refractivity contribution >= 4 is 29.9 Å². The highest BCUT2D eigenvalue weighted by atomic mass is 127. The molecule has 18 heavy (non-hydrogen) atoms. The van der Waals surface area contributed by atoms with E-state index in [1.807, 2.05) is 6.08 Å². The van der Waals surface area contributed by atoms with Gasteiger partial charge >= 0.3 is 0 Å². The standard InChI is InChI=1S/C13H26N4.HI/c1-4-8-15-13(14-5-2)16-10-12-7-9-17(6-3)11-12;/h4,12H,1,5-11H2,2-3H3,(H2,14,15,16);1H. The Morgan fingerprint density at radius 2 is 2.22 bits per heavy atom. The summed E-state index contributed by atoms with van der Waals surface area (Å²) < 4.78 is 0. The number of nitrogens with one attached hydrogen (secondary N) is 2. The fourth-order valence-corrected chi connectivity index (χ4v) is 2.08. The zero-order valence-corrected chi connectivity index (χ0v) is 13.9. The maximum Gasteiger partial charge on any atom is 0.191 e. The Morgan fingerprint density at radius 1 is 1.44 bits per heavy atom. The van der Waals surface area contributed by atoms with Crippen LogP contribution in [0.5, 0.6) is 0 Å². The highest BCUT2D eigenvalue weighted by Crippen LogP contribution is 2.15. The molecule has 1 unspecified atom stereocenters. The molecule has 0 bridgehead atoms. The van der Waals surface area contributed by atoms with Crippen LogP contribution in [0.4, 0.5) is 0 Å². The fourth-order valence-electron chi connectivity index (χ4n) is 2.08. The van der Waals surface area contributed by atoms with E-state index in [1.54, 1.807) is 0 Å². The van der Waals surface area contributed by atoms with E-state index in [-0.39, 0.29) is 24.0 Å². The summed E-state index contributed by atoms with van der Waals surface area (Å²) in [6.45, 7) is 14.2. The van der Waals surface area contributed by atoms with Crippen molar-refractivity contribution in [2.24, 2.45) is 10.9 Å². The summed E-state index contributed by atoms with van der Waals surface area (Å²) in [5.41, 5.74) is 0. The van der Waals surface area contributed by atoms with Crippen LogP contribution in [0.3, 0.4) is 0 Å². The van der Waals surface area contributed by atoms with E-state index in [0.29, 0.717) is 5.92 Å². The molecule has 5 heteroatoms. The van der Waals surface area contributed by atoms with Crippen LogP contribution in [-0.2, 0) is 0 Å². The molecule has 1 aliphatic rings. The molecule has 0 aromatic heterocycles. The molecule has 2 N–H and O–H groups in total. The molecule has 1 fully saturated rings. The molecule has 0 amide bonds. The zero-order chi connectivity index (χ0) is 12.5. The molecule has 1 saturated heterocycles. The quantitative estimate of drug-likeness (QED) is 0.325. The van der Waals surface area contributed by atoms with Crippen LogP contribution in [0.2, 0.25) is 0 Å². The summed E-state index contributed by atoms with van der Waals surface area (Å²) in [6.07, 6.45) is 3.12. The van der Waals surface area contributed by atoms with Crippen LogP contribution in [0, 0.1) is 5.92 Å². The number of hydrogen-bond acceptors (Lipinski definition) is 2. The van der Waals surface area contributed by atoms with E-state index in [1.165, 1.54) is 19.5 Å². The molecule has 0 aromatic rings. The minimum atomic E-state index is 0. The lowest BCUT2D eigenvalue weighted by atomic mass is 10.1. The second-order valence-corrected chi connectivity index (χ2v) is 4.44. The number of rotatable bonds is 6. The Kier molecular flexibility index (Phi) is 10.4. The van der Waals surface area contributed by atoms with Crippen LogP contribution in [0.25, 0.3) is 0 Å². The van der Waals surface area contributed by atoms with Crippen molar-refractivity contribution in [3.63, 3.8) is 0 Å². The summed E-state index contributed by atoms with van der Waals surface area (Å²) in [4.78, 5) is 7.11. The van der Waals surface area contributed by atoms with Gasteiger partial charge in [0.2, 0.25) is 0 Å². The van der Waals surface area contributed by atoms with Crippen LogP contribution in [-0.4, -0.2) is 50.1 Å². The molecule has 1 aliphatic heterocycles. The highest BCUT2D eigenvalue weighted by Gasteiger charge is 2.20. The summed E-state index contributed by atoms with van der Waals surface area (Å²) in [5, 5.41) is 6.47. The molecule has 4 nitrogen and oxygen atoms in total. The molecule has 1 atom stereocenters. The minimum absolute atomic E-state index is 0. The van der Waals surface area contributed by atoms with Gasteiger partial charge in [-0.05, 0) is 32.4 Å². The third-order valence-electron chi connectivity index (χ3n) is 3.08. The Morgan fingerprint density at radius 3 is 2.78 bits per heavy atom. The van der Waals surface area contributed by atoms with Crippen LogP contribution >= 0.6 is 24.0 Å². The van der Waals surface area contributed by atoms with Gasteiger partial charge in [-0.3, -0.25) is 4.99 Å². The van der Waals surface area contributed by atoms with Gasteiger partial charge in [0, 0.05) is 26.2 Å². The minimum Gasteiger partial charge on any atom is -0.357 e. The molecule has 106 valence electrons. The maximum atomic E-state index is 4.62. The number of halogens is 1. The van der Waals surface area contributed by atoms with Crippen LogP contribution in [0.15, 0.2) is 17.6 Å². The predicted octanol–water partition coefficient (Wildman–Crippen LogP) is 1.69. The normalized spacial score (nSPS) is 20.3. The van der Waals surface area contributed by atoms with Crippen LogP contribution < -0.4 is 10.6 Å². The van der Waals surface area contributed by atoms with Crippen molar-refractivity contribution in [2.75, 3.05) is 39.3 Å². The van der Waals surface area contributed by atoms with Gasteiger partial charge in [-0.15, -0.1) is 30.6 Å². The molecule has 0 saturated carbocycles. The van der Waals surface area contributed by atoms with E-state index in [0.717, 1.165) is 32.1 Å². The predicted molar refractivity (Wildman–Crippen MR) is 89.8 cm³/mol. The zero-order valence-electron chi connectivity index (χ0n) is 11.6. The van der Waals surface area contributed by atoms with Gasteiger partial charge in [0.05, 0.1) is 0 Å². The Balaban J connectivity index is 0.00000289. The van der Waals surface area contributed by atoms with Crippen molar-refractivity contribution in [3.05, 3.63) is 12.7 Å². The summed E-state index contributed by atoms with van der Waals surface area (Å²) in [6, 6.07) is 0. The average molecular weight is 366 g/mol. The van der Waals surface area contributed by atoms with Crippen molar-refractivity contribution in [3.8, 4) is 0 Å². The van der Waals surface area contributed by atoms with E-state index in [2.05, 4.69) is 41.0 Å². The Bertz CT molecular complexity index is 255. The molecular weight excluding hydrogens is 339 g/mol. The number of hydrogen-bond donors (Lipinski definition) is 2. The molecule has 0 aromatic carbocycles. The van der Waals surface area contributed by atoms with Crippen molar-refractivity contribution < 1.29 is 0 Å². The number of nitrogens with zero attached hydrogens (tertiary/aromatic N) is 2. The van der Waals surface area contributed by atoms with Gasteiger partial charge in [0.1, 0.15) is 0 Å². The highest BCUT2D eigenvalue weighted by molar-refractivity contribution is 14.0. The van der Waals surface area contributed by atoms with E-state index in [4.69, 9.17) is 0 Å². The molecule has 1 rings (SSSR count). The monoisotopic (exact) mass is 366 g/mol. The average Bonchev–Trinajstić information content (AvgIpc) is 2.80. The first kappa shape index (κ1) is 17.7. The van der Waals surface area contributed by atoms with Gasteiger partial charge in [-0.1, -0.05) is 13.0 Å². The summed E-state index contributed by atoms with van der Waals surface area (Å²) >= 11 is 0. The maximum absolute atomic E-state index is 4.62. The van der Waals surface area contributed by atoms with Crippen molar-refractivity contribution in [2.45, 2.75) is 20.3 Å². The molecule has 0 aliphatic carbocycles. The number of likely N-dealkylation sites (tertiary alicyclic amines) is 1. The van der Waals surface area contributed by atoms with Gasteiger partial charge < -0.3 is 15.5 Å². The molecule has 1 heterocycles. The first-order valence-electron chi connectivity index (χ1n) is 6.65. The van der Waals surface area contributed by atoms with E-state index >= 15 is 0 Å².